The second-order valence-corrected chi connectivity index (χ2v) is 7.10. The van der Waals surface area contributed by atoms with Gasteiger partial charge in [0.25, 0.3) is 5.91 Å². The molecule has 4 rings (SSSR count). The maximum absolute atomic E-state index is 12.3. The summed E-state index contributed by atoms with van der Waals surface area (Å²) >= 11 is 2.70. The number of anilines is 1. The predicted octanol–water partition coefficient (Wildman–Crippen LogP) is 4.60. The summed E-state index contributed by atoms with van der Waals surface area (Å²) < 4.78 is 29.6. The van der Waals surface area contributed by atoms with Gasteiger partial charge < -0.3 is 4.74 Å². The molecule has 0 unspecified atom stereocenters. The minimum absolute atomic E-state index is 0.0434. The number of fused-ring (bicyclic) bond motifs is 1. The van der Waals surface area contributed by atoms with Crippen LogP contribution in [0.5, 0.6) is 5.75 Å². The number of thiophene rings is 1. The first-order valence-corrected chi connectivity index (χ1v) is 9.04. The minimum atomic E-state index is -2.89. The molecular weight excluding hydrogens is 382 g/mol. The van der Waals surface area contributed by atoms with Gasteiger partial charge in [-0.05, 0) is 35.7 Å². The number of hydrogen-bond acceptors (Lipinski definition) is 6. The Hall–Kier alpha value is -2.85. The van der Waals surface area contributed by atoms with Gasteiger partial charge >= 0.3 is 6.61 Å². The maximum atomic E-state index is 12.3. The second-order valence-electron chi connectivity index (χ2n) is 5.13. The number of halogens is 2. The molecule has 3 heterocycles. The van der Waals surface area contributed by atoms with Crippen LogP contribution < -0.4 is 10.1 Å². The molecule has 0 saturated heterocycles. The van der Waals surface area contributed by atoms with Crippen LogP contribution in [-0.4, -0.2) is 27.7 Å². The van der Waals surface area contributed by atoms with E-state index in [0.717, 1.165) is 21.9 Å². The van der Waals surface area contributed by atoms with Crippen molar-refractivity contribution in [2.45, 2.75) is 6.61 Å². The van der Waals surface area contributed by atoms with Gasteiger partial charge in [-0.15, -0.1) is 11.3 Å². The molecule has 0 aliphatic carbocycles. The third kappa shape index (κ3) is 3.41. The van der Waals surface area contributed by atoms with E-state index in [1.54, 1.807) is 12.1 Å². The fourth-order valence-corrected chi connectivity index (χ4v) is 3.87. The van der Waals surface area contributed by atoms with Gasteiger partial charge in [0.15, 0.2) is 10.8 Å². The average molecular weight is 392 g/mol. The molecule has 0 spiro atoms. The van der Waals surface area contributed by atoms with Crippen molar-refractivity contribution in [3.63, 3.8) is 0 Å². The lowest BCUT2D eigenvalue weighted by molar-refractivity contribution is -0.0497. The van der Waals surface area contributed by atoms with E-state index in [0.29, 0.717) is 15.3 Å². The normalized spacial score (nSPS) is 11.2. The SMILES string of the molecule is O=C(Nc1nc2ccc(OC(F)F)cc2s1)c1cc(-c2cccs2)[nH]n1. The number of rotatable bonds is 5. The van der Waals surface area contributed by atoms with E-state index in [2.05, 4.69) is 25.2 Å². The summed E-state index contributed by atoms with van der Waals surface area (Å²) in [5.74, 6) is -0.367. The molecule has 0 aliphatic heterocycles. The van der Waals surface area contributed by atoms with E-state index < -0.39 is 12.5 Å². The van der Waals surface area contributed by atoms with E-state index in [1.807, 2.05) is 17.5 Å². The molecule has 132 valence electrons. The smallest absolute Gasteiger partial charge is 0.387 e. The third-order valence-electron chi connectivity index (χ3n) is 3.40. The predicted molar refractivity (Wildman–Crippen MR) is 96.1 cm³/mol. The first-order valence-electron chi connectivity index (χ1n) is 7.34. The highest BCUT2D eigenvalue weighted by Crippen LogP contribution is 2.30. The van der Waals surface area contributed by atoms with E-state index in [9.17, 15) is 13.6 Å². The maximum Gasteiger partial charge on any atom is 0.387 e. The second kappa shape index (κ2) is 6.81. The van der Waals surface area contributed by atoms with Crippen LogP contribution in [0.25, 0.3) is 20.8 Å². The first kappa shape index (κ1) is 16.6. The van der Waals surface area contributed by atoms with Gasteiger partial charge in [-0.3, -0.25) is 15.2 Å². The number of amides is 1. The van der Waals surface area contributed by atoms with Gasteiger partial charge in [0.1, 0.15) is 5.75 Å². The van der Waals surface area contributed by atoms with Crippen molar-refractivity contribution in [1.29, 1.82) is 0 Å². The number of alkyl halides is 2. The molecule has 6 nitrogen and oxygen atoms in total. The summed E-state index contributed by atoms with van der Waals surface area (Å²) in [4.78, 5) is 17.6. The Labute approximate surface area is 153 Å². The summed E-state index contributed by atoms with van der Waals surface area (Å²) in [6.07, 6.45) is 0. The Kier molecular flexibility index (Phi) is 4.35. The average Bonchev–Trinajstić information content (AvgIpc) is 3.33. The fraction of sp³-hybridized carbons (Fsp3) is 0.0625. The molecule has 0 atom stereocenters. The number of nitrogens with one attached hydrogen (secondary N) is 2. The van der Waals surface area contributed by atoms with Crippen LogP contribution in [0.1, 0.15) is 10.5 Å². The van der Waals surface area contributed by atoms with E-state index >= 15 is 0 Å². The number of carbonyl (C=O) groups excluding carboxylic acids is 1. The molecule has 0 fully saturated rings. The van der Waals surface area contributed by atoms with Crippen molar-refractivity contribution < 1.29 is 18.3 Å². The highest BCUT2D eigenvalue weighted by Gasteiger charge is 2.15. The van der Waals surface area contributed by atoms with Crippen molar-refractivity contribution in [1.82, 2.24) is 15.2 Å². The number of carbonyl (C=O) groups is 1. The van der Waals surface area contributed by atoms with Crippen molar-refractivity contribution in [3.05, 3.63) is 47.5 Å². The van der Waals surface area contributed by atoms with Crippen LogP contribution in [0.4, 0.5) is 13.9 Å². The van der Waals surface area contributed by atoms with Gasteiger partial charge in [-0.2, -0.15) is 13.9 Å². The quantitative estimate of drug-likeness (QED) is 0.520. The van der Waals surface area contributed by atoms with Crippen molar-refractivity contribution >= 4 is 43.9 Å². The zero-order valence-electron chi connectivity index (χ0n) is 12.9. The topological polar surface area (TPSA) is 79.9 Å². The van der Waals surface area contributed by atoms with Crippen LogP contribution >= 0.6 is 22.7 Å². The van der Waals surface area contributed by atoms with E-state index in [4.69, 9.17) is 0 Å². The Morgan fingerprint density at radius 2 is 2.15 bits per heavy atom. The molecule has 4 aromatic rings. The summed E-state index contributed by atoms with van der Waals surface area (Å²) in [5, 5.41) is 11.8. The molecule has 0 radical (unpaired) electrons. The number of H-pyrrole nitrogens is 1. The Morgan fingerprint density at radius 3 is 2.92 bits per heavy atom. The largest absolute Gasteiger partial charge is 0.435 e. The molecule has 1 amide bonds. The van der Waals surface area contributed by atoms with Crippen LogP contribution in [0.3, 0.4) is 0 Å². The van der Waals surface area contributed by atoms with Crippen molar-refractivity contribution in [2.24, 2.45) is 0 Å². The number of aromatic amines is 1. The molecular formula is C16H10F2N4O2S2. The van der Waals surface area contributed by atoms with Crippen molar-refractivity contribution in [3.8, 4) is 16.3 Å². The lowest BCUT2D eigenvalue weighted by Crippen LogP contribution is -2.11. The van der Waals surface area contributed by atoms with Crippen LogP contribution in [-0.2, 0) is 0 Å². The standard InChI is InChI=1S/C16H10F2N4O2S2/c17-15(18)24-8-3-4-9-13(6-8)26-16(19-9)20-14(23)11-7-10(21-22-11)12-2-1-5-25-12/h1-7,15H,(H,21,22)(H,19,20,23). The number of hydrogen-bond donors (Lipinski definition) is 2. The Morgan fingerprint density at radius 1 is 1.27 bits per heavy atom. The Bertz CT molecular complexity index is 1060. The van der Waals surface area contributed by atoms with Gasteiger partial charge in [-0.25, -0.2) is 4.98 Å². The number of aromatic nitrogens is 3. The highest BCUT2D eigenvalue weighted by atomic mass is 32.1. The Balaban J connectivity index is 1.52. The monoisotopic (exact) mass is 392 g/mol. The molecule has 3 aromatic heterocycles. The van der Waals surface area contributed by atoms with Crippen LogP contribution in [0.2, 0.25) is 0 Å². The number of nitrogens with zero attached hydrogens (tertiary/aromatic N) is 2. The highest BCUT2D eigenvalue weighted by molar-refractivity contribution is 7.22. The zero-order valence-corrected chi connectivity index (χ0v) is 14.5. The summed E-state index contributed by atoms with van der Waals surface area (Å²) in [6, 6.07) is 9.91. The summed E-state index contributed by atoms with van der Waals surface area (Å²) in [5.41, 5.74) is 1.56. The summed E-state index contributed by atoms with van der Waals surface area (Å²) in [6.45, 7) is -2.89. The molecule has 2 N–H and O–H groups in total. The lowest BCUT2D eigenvalue weighted by atomic mass is 10.3. The van der Waals surface area contributed by atoms with Gasteiger partial charge in [0.2, 0.25) is 0 Å². The fourth-order valence-electron chi connectivity index (χ4n) is 2.29. The molecule has 1 aromatic carbocycles. The van der Waals surface area contributed by atoms with E-state index in [1.165, 1.54) is 23.5 Å². The number of thiazole rings is 1. The van der Waals surface area contributed by atoms with Gasteiger partial charge in [-0.1, -0.05) is 17.4 Å². The van der Waals surface area contributed by atoms with Crippen molar-refractivity contribution in [2.75, 3.05) is 5.32 Å². The number of ether oxygens (including phenoxy) is 1. The first-order chi connectivity index (χ1) is 12.6. The summed E-state index contributed by atoms with van der Waals surface area (Å²) in [7, 11) is 0. The van der Waals surface area contributed by atoms with Crippen LogP contribution in [0.15, 0.2) is 41.8 Å². The van der Waals surface area contributed by atoms with Crippen LogP contribution in [0, 0.1) is 0 Å². The molecule has 0 bridgehead atoms. The minimum Gasteiger partial charge on any atom is -0.435 e. The molecule has 10 heteroatoms. The molecule has 0 aliphatic rings. The zero-order chi connectivity index (χ0) is 18.1. The molecule has 26 heavy (non-hydrogen) atoms. The third-order valence-corrected chi connectivity index (χ3v) is 5.24. The van der Waals surface area contributed by atoms with Gasteiger partial charge in [0.05, 0.1) is 20.8 Å². The number of benzene rings is 1. The van der Waals surface area contributed by atoms with E-state index in [-0.39, 0.29) is 11.4 Å². The van der Waals surface area contributed by atoms with Gasteiger partial charge in [0, 0.05) is 0 Å². The lowest BCUT2D eigenvalue weighted by Gasteiger charge is -2.02. The molecule has 0 saturated carbocycles.